The molecule has 140 valence electrons. The zero-order valence-corrected chi connectivity index (χ0v) is 16.0. The lowest BCUT2D eigenvalue weighted by Gasteiger charge is -2.09. The molecule has 2 aromatic carbocycles. The third-order valence-electron chi connectivity index (χ3n) is 4.34. The molecule has 0 unspecified atom stereocenters. The molecule has 0 saturated heterocycles. The average Bonchev–Trinajstić information content (AvgIpc) is 3.11. The first-order valence-corrected chi connectivity index (χ1v) is 9.05. The van der Waals surface area contributed by atoms with Crippen LogP contribution in [-0.4, -0.2) is 46.4 Å². The Morgan fingerprint density at radius 1 is 1.15 bits per heavy atom. The number of para-hydroxylation sites is 1. The van der Waals surface area contributed by atoms with Crippen LogP contribution in [0.1, 0.15) is 22.3 Å². The molecule has 0 aliphatic heterocycles. The van der Waals surface area contributed by atoms with Gasteiger partial charge in [-0.2, -0.15) is 0 Å². The van der Waals surface area contributed by atoms with E-state index in [4.69, 9.17) is 0 Å². The fourth-order valence-corrected chi connectivity index (χ4v) is 2.83. The number of hydrogen-bond donors (Lipinski definition) is 1. The first kappa shape index (κ1) is 18.8. The van der Waals surface area contributed by atoms with Gasteiger partial charge in [0.1, 0.15) is 5.69 Å². The smallest absolute Gasteiger partial charge is 0.255 e. The van der Waals surface area contributed by atoms with Crippen molar-refractivity contribution in [3.63, 3.8) is 0 Å². The number of anilines is 1. The molecule has 3 aromatic rings. The van der Waals surface area contributed by atoms with Crippen molar-refractivity contribution in [3.05, 3.63) is 65.9 Å². The van der Waals surface area contributed by atoms with Crippen molar-refractivity contribution >= 4 is 11.6 Å². The van der Waals surface area contributed by atoms with Gasteiger partial charge in [0, 0.05) is 23.4 Å². The normalized spacial score (nSPS) is 11.0. The molecule has 6 heteroatoms. The fraction of sp³-hybridized carbons (Fsp3) is 0.286. The van der Waals surface area contributed by atoms with Crippen molar-refractivity contribution in [1.82, 2.24) is 19.9 Å². The first-order valence-electron chi connectivity index (χ1n) is 9.05. The van der Waals surface area contributed by atoms with Gasteiger partial charge < -0.3 is 10.2 Å². The first-order chi connectivity index (χ1) is 13.0. The van der Waals surface area contributed by atoms with Crippen LogP contribution in [0.4, 0.5) is 5.69 Å². The van der Waals surface area contributed by atoms with E-state index in [1.807, 2.05) is 66.3 Å². The summed E-state index contributed by atoms with van der Waals surface area (Å²) in [4.78, 5) is 14.8. The Morgan fingerprint density at radius 3 is 2.67 bits per heavy atom. The summed E-state index contributed by atoms with van der Waals surface area (Å²) in [6.45, 7) is 3.75. The monoisotopic (exact) mass is 363 g/mol. The minimum absolute atomic E-state index is 0.126. The molecule has 0 aliphatic carbocycles. The van der Waals surface area contributed by atoms with Crippen LogP contribution in [0.15, 0.2) is 54.7 Å². The van der Waals surface area contributed by atoms with E-state index in [2.05, 4.69) is 34.6 Å². The van der Waals surface area contributed by atoms with Crippen LogP contribution in [0.25, 0.3) is 11.3 Å². The van der Waals surface area contributed by atoms with Crippen LogP contribution in [0.2, 0.25) is 0 Å². The Kier molecular flexibility index (Phi) is 5.98. The van der Waals surface area contributed by atoms with Gasteiger partial charge in [0.25, 0.3) is 5.91 Å². The largest absolute Gasteiger partial charge is 0.322 e. The number of aryl methyl sites for hydroxylation is 2. The number of carbonyl (C=O) groups excluding carboxylic acids is 1. The van der Waals surface area contributed by atoms with Crippen LogP contribution in [-0.2, 0) is 6.54 Å². The molecule has 0 aliphatic rings. The van der Waals surface area contributed by atoms with Crippen LogP contribution in [0, 0.1) is 6.92 Å². The number of aromatic nitrogens is 3. The third kappa shape index (κ3) is 5.01. The number of rotatable bonds is 7. The van der Waals surface area contributed by atoms with Crippen molar-refractivity contribution in [2.45, 2.75) is 19.9 Å². The fourth-order valence-electron chi connectivity index (χ4n) is 2.83. The van der Waals surface area contributed by atoms with Gasteiger partial charge in [-0.3, -0.25) is 9.48 Å². The van der Waals surface area contributed by atoms with Gasteiger partial charge in [0.15, 0.2) is 0 Å². The molecule has 1 amide bonds. The Balaban J connectivity index is 1.75. The topological polar surface area (TPSA) is 63.1 Å². The highest BCUT2D eigenvalue weighted by molar-refractivity contribution is 6.05. The van der Waals surface area contributed by atoms with Gasteiger partial charge in [0.2, 0.25) is 0 Å². The summed E-state index contributed by atoms with van der Waals surface area (Å²) in [5.41, 5.74) is 3.99. The number of nitrogens with zero attached hydrogens (tertiary/aromatic N) is 4. The summed E-state index contributed by atoms with van der Waals surface area (Å²) >= 11 is 0. The number of nitrogens with one attached hydrogen (secondary N) is 1. The van der Waals surface area contributed by atoms with Crippen molar-refractivity contribution in [2.75, 3.05) is 26.0 Å². The summed E-state index contributed by atoms with van der Waals surface area (Å²) in [6.07, 6.45) is 2.94. The lowest BCUT2D eigenvalue weighted by atomic mass is 10.0. The summed E-state index contributed by atoms with van der Waals surface area (Å²) in [5, 5.41) is 11.4. The highest BCUT2D eigenvalue weighted by atomic mass is 16.1. The Bertz CT molecular complexity index is 902. The average molecular weight is 363 g/mol. The summed E-state index contributed by atoms with van der Waals surface area (Å²) < 4.78 is 1.85. The molecule has 0 atom stereocenters. The van der Waals surface area contributed by atoms with Gasteiger partial charge in [-0.05, 0) is 57.7 Å². The van der Waals surface area contributed by atoms with Crippen LogP contribution in [0.5, 0.6) is 0 Å². The molecule has 0 radical (unpaired) electrons. The number of benzene rings is 2. The molecule has 0 fully saturated rings. The molecule has 1 N–H and O–H groups in total. The Hall–Kier alpha value is -2.99. The van der Waals surface area contributed by atoms with E-state index in [9.17, 15) is 4.79 Å². The van der Waals surface area contributed by atoms with Crippen LogP contribution >= 0.6 is 0 Å². The SMILES string of the molecule is Cc1ccc(-c2cn(CCCN(C)C)nn2)cc1C(=O)Nc1ccccc1. The van der Waals surface area contributed by atoms with E-state index in [0.717, 1.165) is 42.0 Å². The lowest BCUT2D eigenvalue weighted by Crippen LogP contribution is -2.15. The predicted molar refractivity (Wildman–Crippen MR) is 108 cm³/mol. The Labute approximate surface area is 159 Å². The van der Waals surface area contributed by atoms with Crippen molar-refractivity contribution in [1.29, 1.82) is 0 Å². The maximum atomic E-state index is 12.7. The standard InChI is InChI=1S/C21H25N5O/c1-16-10-11-17(20-15-26(24-23-20)13-7-12-25(2)3)14-19(16)21(27)22-18-8-5-4-6-9-18/h4-6,8-11,14-15H,7,12-13H2,1-3H3,(H,22,27). The molecule has 1 aromatic heterocycles. The minimum Gasteiger partial charge on any atom is -0.322 e. The molecular weight excluding hydrogens is 338 g/mol. The maximum absolute atomic E-state index is 12.7. The second kappa shape index (κ2) is 8.60. The number of carbonyl (C=O) groups is 1. The zero-order chi connectivity index (χ0) is 19.2. The molecule has 1 heterocycles. The molecule has 27 heavy (non-hydrogen) atoms. The van der Waals surface area contributed by atoms with Gasteiger partial charge in [-0.15, -0.1) is 5.10 Å². The van der Waals surface area contributed by atoms with E-state index >= 15 is 0 Å². The number of amides is 1. The molecule has 0 spiro atoms. The van der Waals surface area contributed by atoms with Gasteiger partial charge in [0.05, 0.1) is 6.20 Å². The van der Waals surface area contributed by atoms with E-state index in [1.54, 1.807) is 0 Å². The zero-order valence-electron chi connectivity index (χ0n) is 16.0. The van der Waals surface area contributed by atoms with Gasteiger partial charge in [-0.25, -0.2) is 0 Å². The second-order valence-corrected chi connectivity index (χ2v) is 6.87. The summed E-state index contributed by atoms with van der Waals surface area (Å²) in [6, 6.07) is 15.3. The van der Waals surface area contributed by atoms with Crippen molar-refractivity contribution in [3.8, 4) is 11.3 Å². The minimum atomic E-state index is -0.126. The molecule has 0 saturated carbocycles. The Morgan fingerprint density at radius 2 is 1.93 bits per heavy atom. The van der Waals surface area contributed by atoms with Crippen molar-refractivity contribution < 1.29 is 4.79 Å². The second-order valence-electron chi connectivity index (χ2n) is 6.87. The van der Waals surface area contributed by atoms with Crippen LogP contribution in [0.3, 0.4) is 0 Å². The molecular formula is C21H25N5O. The molecule has 0 bridgehead atoms. The summed E-state index contributed by atoms with van der Waals surface area (Å²) in [5.74, 6) is -0.126. The van der Waals surface area contributed by atoms with E-state index in [1.165, 1.54) is 0 Å². The highest BCUT2D eigenvalue weighted by Gasteiger charge is 2.13. The lowest BCUT2D eigenvalue weighted by molar-refractivity contribution is 0.102. The predicted octanol–water partition coefficient (Wildman–Crippen LogP) is 3.46. The summed E-state index contributed by atoms with van der Waals surface area (Å²) in [7, 11) is 4.11. The maximum Gasteiger partial charge on any atom is 0.255 e. The highest BCUT2D eigenvalue weighted by Crippen LogP contribution is 2.21. The van der Waals surface area contributed by atoms with E-state index < -0.39 is 0 Å². The van der Waals surface area contributed by atoms with Gasteiger partial charge >= 0.3 is 0 Å². The van der Waals surface area contributed by atoms with E-state index in [0.29, 0.717) is 5.56 Å². The van der Waals surface area contributed by atoms with Crippen molar-refractivity contribution in [2.24, 2.45) is 0 Å². The van der Waals surface area contributed by atoms with E-state index in [-0.39, 0.29) is 5.91 Å². The quantitative estimate of drug-likeness (QED) is 0.698. The van der Waals surface area contributed by atoms with Gasteiger partial charge in [-0.1, -0.05) is 35.5 Å². The molecule has 3 rings (SSSR count). The third-order valence-corrected chi connectivity index (χ3v) is 4.34. The molecule has 6 nitrogen and oxygen atoms in total. The van der Waals surface area contributed by atoms with Crippen LogP contribution < -0.4 is 5.32 Å². The number of hydrogen-bond acceptors (Lipinski definition) is 4.